The molecule has 1 fully saturated rings. The SMILES string of the molecule is COc1ccc(CNC(=O)CN2C(=O)N[C@](C)(c3ccc(C(C)C)cc3)C2=O)cc1. The molecule has 2 aromatic carbocycles. The second-order valence-electron chi connectivity index (χ2n) is 7.85. The zero-order valence-corrected chi connectivity index (χ0v) is 17.7. The van der Waals surface area contributed by atoms with Crippen LogP contribution in [0.4, 0.5) is 4.79 Å². The van der Waals surface area contributed by atoms with Crippen LogP contribution in [0.5, 0.6) is 5.75 Å². The minimum Gasteiger partial charge on any atom is -0.497 e. The number of hydrogen-bond acceptors (Lipinski definition) is 4. The zero-order valence-electron chi connectivity index (χ0n) is 17.7. The molecule has 0 unspecified atom stereocenters. The van der Waals surface area contributed by atoms with Crippen molar-refractivity contribution in [2.45, 2.75) is 38.8 Å². The summed E-state index contributed by atoms with van der Waals surface area (Å²) in [5, 5.41) is 5.47. The van der Waals surface area contributed by atoms with Gasteiger partial charge in [-0.2, -0.15) is 0 Å². The summed E-state index contributed by atoms with van der Waals surface area (Å²) < 4.78 is 5.11. The molecule has 1 atom stereocenters. The van der Waals surface area contributed by atoms with Gasteiger partial charge in [0, 0.05) is 6.54 Å². The smallest absolute Gasteiger partial charge is 0.325 e. The van der Waals surface area contributed by atoms with Crippen LogP contribution in [0.25, 0.3) is 0 Å². The van der Waals surface area contributed by atoms with E-state index in [1.54, 1.807) is 26.2 Å². The van der Waals surface area contributed by atoms with Crippen LogP contribution in [0.2, 0.25) is 0 Å². The molecule has 2 N–H and O–H groups in total. The molecular formula is C23H27N3O4. The van der Waals surface area contributed by atoms with Gasteiger partial charge in [-0.3, -0.25) is 14.5 Å². The van der Waals surface area contributed by atoms with E-state index in [-0.39, 0.29) is 6.54 Å². The molecule has 1 aliphatic rings. The molecule has 30 heavy (non-hydrogen) atoms. The topological polar surface area (TPSA) is 87.7 Å². The first-order valence-electron chi connectivity index (χ1n) is 9.88. The Morgan fingerprint density at radius 3 is 2.30 bits per heavy atom. The van der Waals surface area contributed by atoms with Crippen molar-refractivity contribution in [2.75, 3.05) is 13.7 Å². The van der Waals surface area contributed by atoms with Gasteiger partial charge in [0.05, 0.1) is 7.11 Å². The maximum Gasteiger partial charge on any atom is 0.325 e. The highest BCUT2D eigenvalue weighted by molar-refractivity contribution is 6.09. The summed E-state index contributed by atoms with van der Waals surface area (Å²) in [4.78, 5) is 38.7. The number of amides is 4. The molecular weight excluding hydrogens is 382 g/mol. The molecule has 4 amide bonds. The highest BCUT2D eigenvalue weighted by Gasteiger charge is 2.49. The van der Waals surface area contributed by atoms with Crippen LogP contribution in [0.15, 0.2) is 48.5 Å². The fourth-order valence-electron chi connectivity index (χ4n) is 3.38. The fourth-order valence-corrected chi connectivity index (χ4v) is 3.38. The Morgan fingerprint density at radius 1 is 1.10 bits per heavy atom. The first kappa shape index (κ1) is 21.4. The summed E-state index contributed by atoms with van der Waals surface area (Å²) >= 11 is 0. The van der Waals surface area contributed by atoms with Crippen molar-refractivity contribution in [3.05, 3.63) is 65.2 Å². The summed E-state index contributed by atoms with van der Waals surface area (Å²) in [5.41, 5.74) is 1.53. The van der Waals surface area contributed by atoms with E-state index in [1.807, 2.05) is 36.4 Å². The minimum atomic E-state index is -1.19. The van der Waals surface area contributed by atoms with Crippen LogP contribution in [0.1, 0.15) is 43.4 Å². The standard InChI is InChI=1S/C23H27N3O4/c1-15(2)17-7-9-18(10-8-17)23(3)21(28)26(22(29)25-23)14-20(27)24-13-16-5-11-19(30-4)12-6-16/h5-12,15H,13-14H2,1-4H3,(H,24,27)(H,25,29)/t23-/m1/s1. The van der Waals surface area contributed by atoms with Crippen molar-refractivity contribution in [1.82, 2.24) is 15.5 Å². The lowest BCUT2D eigenvalue weighted by molar-refractivity contribution is -0.134. The molecule has 3 rings (SSSR count). The van der Waals surface area contributed by atoms with Crippen molar-refractivity contribution in [1.29, 1.82) is 0 Å². The number of urea groups is 1. The van der Waals surface area contributed by atoms with Crippen LogP contribution in [0, 0.1) is 0 Å². The number of nitrogens with zero attached hydrogens (tertiary/aromatic N) is 1. The summed E-state index contributed by atoms with van der Waals surface area (Å²) in [6, 6.07) is 14.3. The van der Waals surface area contributed by atoms with E-state index in [2.05, 4.69) is 24.5 Å². The van der Waals surface area contributed by atoms with Crippen molar-refractivity contribution in [3.63, 3.8) is 0 Å². The third-order valence-corrected chi connectivity index (χ3v) is 5.38. The molecule has 7 heteroatoms. The predicted molar refractivity (Wildman–Crippen MR) is 113 cm³/mol. The van der Waals surface area contributed by atoms with Gasteiger partial charge < -0.3 is 15.4 Å². The Hall–Kier alpha value is -3.35. The number of carbonyl (C=O) groups is 3. The van der Waals surface area contributed by atoms with E-state index in [9.17, 15) is 14.4 Å². The largest absolute Gasteiger partial charge is 0.497 e. The van der Waals surface area contributed by atoms with E-state index in [0.29, 0.717) is 18.0 Å². The summed E-state index contributed by atoms with van der Waals surface area (Å²) in [7, 11) is 1.58. The number of hydrogen-bond donors (Lipinski definition) is 2. The monoisotopic (exact) mass is 409 g/mol. The van der Waals surface area contributed by atoms with Gasteiger partial charge in [-0.05, 0) is 41.7 Å². The molecule has 0 radical (unpaired) electrons. The average molecular weight is 409 g/mol. The van der Waals surface area contributed by atoms with Crippen molar-refractivity contribution < 1.29 is 19.1 Å². The third-order valence-electron chi connectivity index (χ3n) is 5.38. The molecule has 0 bridgehead atoms. The Labute approximate surface area is 176 Å². The molecule has 7 nitrogen and oxygen atoms in total. The lowest BCUT2D eigenvalue weighted by Gasteiger charge is -2.22. The van der Waals surface area contributed by atoms with E-state index >= 15 is 0 Å². The number of benzene rings is 2. The van der Waals surface area contributed by atoms with Gasteiger partial charge in [-0.1, -0.05) is 50.2 Å². The van der Waals surface area contributed by atoms with Crippen LogP contribution >= 0.6 is 0 Å². The lowest BCUT2D eigenvalue weighted by atomic mass is 9.90. The van der Waals surface area contributed by atoms with Gasteiger partial charge in [-0.15, -0.1) is 0 Å². The van der Waals surface area contributed by atoms with Gasteiger partial charge in [0.1, 0.15) is 17.8 Å². The predicted octanol–water partition coefficient (Wildman–Crippen LogP) is 2.90. The zero-order chi connectivity index (χ0) is 21.9. The first-order valence-corrected chi connectivity index (χ1v) is 9.88. The summed E-state index contributed by atoms with van der Waals surface area (Å²) in [6.45, 7) is 5.80. The Bertz CT molecular complexity index is 938. The molecule has 2 aromatic rings. The van der Waals surface area contributed by atoms with Gasteiger partial charge in [0.15, 0.2) is 0 Å². The van der Waals surface area contributed by atoms with Crippen molar-refractivity contribution >= 4 is 17.8 Å². The van der Waals surface area contributed by atoms with Gasteiger partial charge in [0.25, 0.3) is 5.91 Å². The van der Waals surface area contributed by atoms with E-state index in [0.717, 1.165) is 21.8 Å². The Morgan fingerprint density at radius 2 is 1.73 bits per heavy atom. The number of imide groups is 1. The number of nitrogens with one attached hydrogen (secondary N) is 2. The highest BCUT2D eigenvalue weighted by Crippen LogP contribution is 2.29. The average Bonchev–Trinajstić information content (AvgIpc) is 2.96. The highest BCUT2D eigenvalue weighted by atomic mass is 16.5. The minimum absolute atomic E-state index is 0.292. The normalized spacial score (nSPS) is 18.5. The molecule has 1 saturated heterocycles. The molecule has 0 aliphatic carbocycles. The molecule has 0 saturated carbocycles. The number of carbonyl (C=O) groups excluding carboxylic acids is 3. The number of ether oxygens (including phenoxy) is 1. The van der Waals surface area contributed by atoms with Crippen LogP contribution in [-0.4, -0.2) is 36.4 Å². The van der Waals surface area contributed by atoms with Gasteiger partial charge >= 0.3 is 6.03 Å². The van der Waals surface area contributed by atoms with Crippen LogP contribution < -0.4 is 15.4 Å². The third kappa shape index (κ3) is 4.30. The maximum absolute atomic E-state index is 13.0. The van der Waals surface area contributed by atoms with E-state index in [4.69, 9.17) is 4.74 Å². The van der Waals surface area contributed by atoms with Crippen LogP contribution in [0.3, 0.4) is 0 Å². The van der Waals surface area contributed by atoms with Crippen molar-refractivity contribution in [3.8, 4) is 5.75 Å². The second-order valence-corrected chi connectivity index (χ2v) is 7.85. The number of methoxy groups -OCH3 is 1. The Kier molecular flexibility index (Phi) is 6.10. The van der Waals surface area contributed by atoms with Crippen LogP contribution in [-0.2, 0) is 21.7 Å². The second kappa shape index (κ2) is 8.57. The quantitative estimate of drug-likeness (QED) is 0.689. The molecule has 158 valence electrons. The number of rotatable bonds is 7. The summed E-state index contributed by atoms with van der Waals surface area (Å²) in [5.74, 6) is 0.245. The molecule has 1 heterocycles. The lowest BCUT2D eigenvalue weighted by Crippen LogP contribution is -2.43. The van der Waals surface area contributed by atoms with E-state index < -0.39 is 23.4 Å². The molecule has 1 aliphatic heterocycles. The fraction of sp³-hybridized carbons (Fsp3) is 0.348. The summed E-state index contributed by atoms with van der Waals surface area (Å²) in [6.07, 6.45) is 0. The van der Waals surface area contributed by atoms with Crippen molar-refractivity contribution in [2.24, 2.45) is 0 Å². The van der Waals surface area contributed by atoms with Gasteiger partial charge in [-0.25, -0.2) is 4.79 Å². The Balaban J connectivity index is 1.64. The molecule has 0 aromatic heterocycles. The molecule has 0 spiro atoms. The van der Waals surface area contributed by atoms with E-state index in [1.165, 1.54) is 0 Å². The van der Waals surface area contributed by atoms with Gasteiger partial charge in [0.2, 0.25) is 5.91 Å². The maximum atomic E-state index is 13.0. The first-order chi connectivity index (χ1) is 14.2.